The summed E-state index contributed by atoms with van der Waals surface area (Å²) in [6.45, 7) is 0.180. The predicted octanol–water partition coefficient (Wildman–Crippen LogP) is 2.40. The molecule has 0 saturated heterocycles. The zero-order valence-electron chi connectivity index (χ0n) is 8.74. The third-order valence-electron chi connectivity index (χ3n) is 2.19. The van der Waals surface area contributed by atoms with Gasteiger partial charge in [0.25, 0.3) is 0 Å². The largest absolute Gasteiger partial charge is 0.395 e. The van der Waals surface area contributed by atoms with Gasteiger partial charge >= 0.3 is 0 Å². The Kier molecular flexibility index (Phi) is 6.10. The van der Waals surface area contributed by atoms with E-state index in [0.29, 0.717) is 0 Å². The molecule has 0 heterocycles. The molecule has 0 amide bonds. The first-order valence-corrected chi connectivity index (χ1v) is 6.29. The molecule has 0 aliphatic rings. The Morgan fingerprint density at radius 3 is 2.80 bits per heavy atom. The van der Waals surface area contributed by atoms with Crippen molar-refractivity contribution < 1.29 is 5.11 Å². The molecule has 15 heavy (non-hydrogen) atoms. The van der Waals surface area contributed by atoms with Gasteiger partial charge in [0.1, 0.15) is 0 Å². The van der Waals surface area contributed by atoms with Crippen LogP contribution in [0.5, 0.6) is 0 Å². The molecule has 1 aromatic rings. The number of hydrogen-bond donors (Lipinski definition) is 2. The Hall–Kier alpha value is -0.220. The molecule has 4 heteroatoms. The molecule has 0 fully saturated rings. The van der Waals surface area contributed by atoms with Crippen LogP contribution in [-0.4, -0.2) is 30.6 Å². The normalized spacial score (nSPS) is 12.7. The lowest BCUT2D eigenvalue weighted by Gasteiger charge is -2.12. The SMILES string of the molecule is CNC(CO)CCSc1ccccc1Cl. The Bertz CT molecular complexity index is 292. The van der Waals surface area contributed by atoms with Gasteiger partial charge in [0.15, 0.2) is 0 Å². The van der Waals surface area contributed by atoms with Crippen LogP contribution in [0.2, 0.25) is 5.02 Å². The molecule has 2 N–H and O–H groups in total. The van der Waals surface area contributed by atoms with Gasteiger partial charge in [0.05, 0.1) is 11.6 Å². The summed E-state index contributed by atoms with van der Waals surface area (Å²) in [5, 5.41) is 12.8. The first-order valence-electron chi connectivity index (χ1n) is 4.93. The molecule has 0 aliphatic carbocycles. The van der Waals surface area contributed by atoms with Crippen molar-refractivity contribution in [3.8, 4) is 0 Å². The summed E-state index contributed by atoms with van der Waals surface area (Å²) >= 11 is 7.74. The lowest BCUT2D eigenvalue weighted by atomic mass is 10.2. The van der Waals surface area contributed by atoms with Gasteiger partial charge in [-0.1, -0.05) is 23.7 Å². The standard InChI is InChI=1S/C11H16ClNOS/c1-13-9(8-14)6-7-15-11-5-3-2-4-10(11)12/h2-5,9,13-14H,6-8H2,1H3. The number of halogens is 1. The molecule has 1 rings (SSSR count). The average Bonchev–Trinajstić information content (AvgIpc) is 2.27. The Morgan fingerprint density at radius 2 is 2.20 bits per heavy atom. The van der Waals surface area contributed by atoms with E-state index in [2.05, 4.69) is 5.32 Å². The van der Waals surface area contributed by atoms with Crippen molar-refractivity contribution in [3.63, 3.8) is 0 Å². The number of aliphatic hydroxyl groups is 1. The highest BCUT2D eigenvalue weighted by Gasteiger charge is 2.05. The van der Waals surface area contributed by atoms with Crippen LogP contribution in [0.1, 0.15) is 6.42 Å². The molecule has 0 saturated carbocycles. The number of benzene rings is 1. The maximum Gasteiger partial charge on any atom is 0.0584 e. The lowest BCUT2D eigenvalue weighted by Crippen LogP contribution is -2.29. The van der Waals surface area contributed by atoms with Crippen LogP contribution in [0, 0.1) is 0 Å². The molecule has 2 nitrogen and oxygen atoms in total. The van der Waals surface area contributed by atoms with Crippen molar-refractivity contribution in [1.29, 1.82) is 0 Å². The highest BCUT2D eigenvalue weighted by Crippen LogP contribution is 2.27. The number of rotatable bonds is 6. The van der Waals surface area contributed by atoms with Gasteiger partial charge in [0, 0.05) is 10.9 Å². The average molecular weight is 246 g/mol. The van der Waals surface area contributed by atoms with Gasteiger partial charge in [-0.25, -0.2) is 0 Å². The second kappa shape index (κ2) is 7.12. The number of likely N-dealkylation sites (N-methyl/N-ethyl adjacent to an activating group) is 1. The first-order chi connectivity index (χ1) is 7.27. The molecule has 1 aromatic carbocycles. The van der Waals surface area contributed by atoms with Crippen LogP contribution >= 0.6 is 23.4 Å². The van der Waals surface area contributed by atoms with Gasteiger partial charge in [-0.2, -0.15) is 0 Å². The molecule has 1 unspecified atom stereocenters. The summed E-state index contributed by atoms with van der Waals surface area (Å²) in [4.78, 5) is 1.10. The number of nitrogens with one attached hydrogen (secondary N) is 1. The number of hydrogen-bond acceptors (Lipinski definition) is 3. The van der Waals surface area contributed by atoms with Crippen molar-refractivity contribution in [2.75, 3.05) is 19.4 Å². The Balaban J connectivity index is 2.34. The zero-order valence-corrected chi connectivity index (χ0v) is 10.3. The fourth-order valence-electron chi connectivity index (χ4n) is 1.20. The van der Waals surface area contributed by atoms with Crippen molar-refractivity contribution in [1.82, 2.24) is 5.32 Å². The second-order valence-electron chi connectivity index (χ2n) is 3.24. The number of thioether (sulfide) groups is 1. The van der Waals surface area contributed by atoms with Crippen LogP contribution in [0.3, 0.4) is 0 Å². The molecule has 0 bridgehead atoms. The monoisotopic (exact) mass is 245 g/mol. The molecule has 84 valence electrons. The van der Waals surface area contributed by atoms with Gasteiger partial charge in [-0.05, 0) is 31.4 Å². The number of aliphatic hydroxyl groups excluding tert-OH is 1. The van der Waals surface area contributed by atoms with E-state index in [1.807, 2.05) is 31.3 Å². The van der Waals surface area contributed by atoms with Crippen LogP contribution in [0.15, 0.2) is 29.2 Å². The van der Waals surface area contributed by atoms with E-state index in [9.17, 15) is 0 Å². The fraction of sp³-hybridized carbons (Fsp3) is 0.455. The fourth-order valence-corrected chi connectivity index (χ4v) is 2.50. The molecular weight excluding hydrogens is 230 g/mol. The van der Waals surface area contributed by atoms with Gasteiger partial charge < -0.3 is 10.4 Å². The Morgan fingerprint density at radius 1 is 1.47 bits per heavy atom. The maximum atomic E-state index is 8.98. The van der Waals surface area contributed by atoms with Crippen LogP contribution in [0.25, 0.3) is 0 Å². The highest BCUT2D eigenvalue weighted by atomic mass is 35.5. The van der Waals surface area contributed by atoms with Crippen molar-refractivity contribution in [2.45, 2.75) is 17.4 Å². The quantitative estimate of drug-likeness (QED) is 0.755. The summed E-state index contributed by atoms with van der Waals surface area (Å²) in [5.41, 5.74) is 0. The minimum atomic E-state index is 0.180. The van der Waals surface area contributed by atoms with Gasteiger partial charge in [-0.15, -0.1) is 11.8 Å². The second-order valence-corrected chi connectivity index (χ2v) is 4.78. The molecule has 1 atom stereocenters. The van der Waals surface area contributed by atoms with Crippen molar-refractivity contribution in [3.05, 3.63) is 29.3 Å². The molecule has 0 aromatic heterocycles. The van der Waals surface area contributed by atoms with Gasteiger partial charge in [0.2, 0.25) is 0 Å². The smallest absolute Gasteiger partial charge is 0.0584 e. The maximum absolute atomic E-state index is 8.98. The zero-order chi connectivity index (χ0) is 11.1. The topological polar surface area (TPSA) is 32.3 Å². The van der Waals surface area contributed by atoms with E-state index in [0.717, 1.165) is 22.1 Å². The molecule has 0 spiro atoms. The van der Waals surface area contributed by atoms with Crippen LogP contribution in [0.4, 0.5) is 0 Å². The lowest BCUT2D eigenvalue weighted by molar-refractivity contribution is 0.246. The van der Waals surface area contributed by atoms with Gasteiger partial charge in [-0.3, -0.25) is 0 Å². The summed E-state index contributed by atoms with van der Waals surface area (Å²) in [6.07, 6.45) is 0.933. The summed E-state index contributed by atoms with van der Waals surface area (Å²) in [6, 6.07) is 8.00. The highest BCUT2D eigenvalue weighted by molar-refractivity contribution is 7.99. The van der Waals surface area contributed by atoms with Crippen molar-refractivity contribution in [2.24, 2.45) is 0 Å². The minimum absolute atomic E-state index is 0.180. The van der Waals surface area contributed by atoms with Crippen molar-refractivity contribution >= 4 is 23.4 Å². The van der Waals surface area contributed by atoms with Crippen LogP contribution < -0.4 is 5.32 Å². The van der Waals surface area contributed by atoms with E-state index in [1.165, 1.54) is 0 Å². The van der Waals surface area contributed by atoms with E-state index in [-0.39, 0.29) is 12.6 Å². The summed E-state index contributed by atoms with van der Waals surface area (Å²) in [7, 11) is 1.86. The first kappa shape index (κ1) is 12.8. The molecule has 0 aliphatic heterocycles. The summed E-state index contributed by atoms with van der Waals surface area (Å²) < 4.78 is 0. The van der Waals surface area contributed by atoms with E-state index in [1.54, 1.807) is 11.8 Å². The van der Waals surface area contributed by atoms with Crippen LogP contribution in [-0.2, 0) is 0 Å². The minimum Gasteiger partial charge on any atom is -0.395 e. The predicted molar refractivity (Wildman–Crippen MR) is 66.7 cm³/mol. The summed E-state index contributed by atoms with van der Waals surface area (Å²) in [5.74, 6) is 0.954. The molecule has 0 radical (unpaired) electrons. The Labute approximate surface area is 100 Å². The third-order valence-corrected chi connectivity index (χ3v) is 3.74. The molecular formula is C11H16ClNOS. The third kappa shape index (κ3) is 4.43. The van der Waals surface area contributed by atoms with E-state index < -0.39 is 0 Å². The van der Waals surface area contributed by atoms with E-state index in [4.69, 9.17) is 16.7 Å². The van der Waals surface area contributed by atoms with E-state index >= 15 is 0 Å².